The summed E-state index contributed by atoms with van der Waals surface area (Å²) in [5.41, 5.74) is 2.84. The number of nitrogens with zero attached hydrogens (tertiary/aromatic N) is 2. The van der Waals surface area contributed by atoms with Crippen LogP contribution in [-0.4, -0.2) is 35.1 Å². The van der Waals surface area contributed by atoms with Crippen molar-refractivity contribution in [2.45, 2.75) is 45.8 Å². The van der Waals surface area contributed by atoms with Gasteiger partial charge < -0.3 is 9.88 Å². The van der Waals surface area contributed by atoms with Crippen molar-refractivity contribution >= 4 is 10.9 Å². The van der Waals surface area contributed by atoms with Gasteiger partial charge in [0, 0.05) is 42.8 Å². The predicted molar refractivity (Wildman–Crippen MR) is 89.6 cm³/mol. The molecular formula is C18H27N3. The van der Waals surface area contributed by atoms with Gasteiger partial charge in [-0.15, -0.1) is 0 Å². The van der Waals surface area contributed by atoms with Gasteiger partial charge in [0.15, 0.2) is 0 Å². The maximum atomic E-state index is 3.54. The number of aryl methyl sites for hydroxylation is 1. The molecule has 1 atom stereocenters. The Balaban J connectivity index is 1.85. The third kappa shape index (κ3) is 2.99. The third-order valence-corrected chi connectivity index (χ3v) is 4.78. The highest BCUT2D eigenvalue weighted by Gasteiger charge is 2.21. The van der Waals surface area contributed by atoms with E-state index < -0.39 is 0 Å². The van der Waals surface area contributed by atoms with Crippen LogP contribution in [0.25, 0.3) is 10.9 Å². The number of aromatic nitrogens is 1. The summed E-state index contributed by atoms with van der Waals surface area (Å²) in [7, 11) is 0. The number of likely N-dealkylation sites (N-methyl/N-ethyl adjacent to an activating group) is 1. The molecular weight excluding hydrogens is 258 g/mol. The third-order valence-electron chi connectivity index (χ3n) is 4.78. The Morgan fingerprint density at radius 3 is 2.86 bits per heavy atom. The van der Waals surface area contributed by atoms with Crippen LogP contribution >= 0.6 is 0 Å². The van der Waals surface area contributed by atoms with Gasteiger partial charge in [-0.2, -0.15) is 0 Å². The average Bonchev–Trinajstić information content (AvgIpc) is 2.91. The van der Waals surface area contributed by atoms with Crippen molar-refractivity contribution in [3.8, 4) is 0 Å². The number of nitrogens with one attached hydrogen (secondary N) is 1. The first kappa shape index (κ1) is 14.6. The Morgan fingerprint density at radius 1 is 1.29 bits per heavy atom. The lowest BCUT2D eigenvalue weighted by Gasteiger charge is -2.33. The first-order valence-electron chi connectivity index (χ1n) is 8.35. The number of piperidine rings is 1. The Morgan fingerprint density at radius 2 is 2.14 bits per heavy atom. The number of hydrogen-bond donors (Lipinski definition) is 1. The van der Waals surface area contributed by atoms with E-state index in [1.807, 2.05) is 0 Å². The lowest BCUT2D eigenvalue weighted by molar-refractivity contribution is 0.166. The quantitative estimate of drug-likeness (QED) is 0.910. The molecule has 0 saturated carbocycles. The summed E-state index contributed by atoms with van der Waals surface area (Å²) in [5.74, 6) is 0. The summed E-state index contributed by atoms with van der Waals surface area (Å²) < 4.78 is 2.37. The van der Waals surface area contributed by atoms with Gasteiger partial charge >= 0.3 is 0 Å². The summed E-state index contributed by atoms with van der Waals surface area (Å²) in [6.45, 7) is 10.1. The summed E-state index contributed by atoms with van der Waals surface area (Å²) in [6.07, 6.45) is 4.98. The van der Waals surface area contributed by atoms with E-state index >= 15 is 0 Å². The first-order valence-corrected chi connectivity index (χ1v) is 8.35. The van der Waals surface area contributed by atoms with Gasteiger partial charge in [0.05, 0.1) is 0 Å². The highest BCUT2D eigenvalue weighted by molar-refractivity contribution is 5.83. The molecule has 1 unspecified atom stereocenters. The Labute approximate surface area is 127 Å². The molecule has 1 fully saturated rings. The number of para-hydroxylation sites is 1. The van der Waals surface area contributed by atoms with Crippen LogP contribution in [0.2, 0.25) is 0 Å². The summed E-state index contributed by atoms with van der Waals surface area (Å²) >= 11 is 0. The van der Waals surface area contributed by atoms with Gasteiger partial charge in [-0.25, -0.2) is 0 Å². The second kappa shape index (κ2) is 6.63. The molecule has 21 heavy (non-hydrogen) atoms. The molecule has 1 N–H and O–H groups in total. The minimum atomic E-state index is 0.687. The van der Waals surface area contributed by atoms with Crippen LogP contribution in [-0.2, 0) is 13.1 Å². The largest absolute Gasteiger partial charge is 0.347 e. The van der Waals surface area contributed by atoms with E-state index in [1.54, 1.807) is 0 Å². The van der Waals surface area contributed by atoms with Gasteiger partial charge in [0.2, 0.25) is 0 Å². The highest BCUT2D eigenvalue weighted by atomic mass is 15.2. The van der Waals surface area contributed by atoms with E-state index in [4.69, 9.17) is 0 Å². The van der Waals surface area contributed by atoms with Crippen LogP contribution in [0, 0.1) is 0 Å². The van der Waals surface area contributed by atoms with E-state index in [0.29, 0.717) is 6.04 Å². The number of hydrogen-bond acceptors (Lipinski definition) is 2. The molecule has 3 nitrogen and oxygen atoms in total. The topological polar surface area (TPSA) is 20.2 Å². The van der Waals surface area contributed by atoms with Gasteiger partial charge in [-0.3, -0.25) is 4.90 Å². The molecule has 1 saturated heterocycles. The van der Waals surface area contributed by atoms with Crippen LogP contribution in [0.5, 0.6) is 0 Å². The van der Waals surface area contributed by atoms with Crippen LogP contribution < -0.4 is 5.32 Å². The Kier molecular flexibility index (Phi) is 4.61. The van der Waals surface area contributed by atoms with Crippen molar-refractivity contribution in [2.24, 2.45) is 0 Å². The van der Waals surface area contributed by atoms with Crippen molar-refractivity contribution in [2.75, 3.05) is 19.6 Å². The molecule has 2 aromatic rings. The van der Waals surface area contributed by atoms with Crippen molar-refractivity contribution < 1.29 is 0 Å². The number of fused-ring (bicyclic) bond motifs is 1. The average molecular weight is 285 g/mol. The predicted octanol–water partition coefficient (Wildman–Crippen LogP) is 3.24. The fraction of sp³-hybridized carbons (Fsp3) is 0.556. The zero-order chi connectivity index (χ0) is 14.7. The number of rotatable bonds is 5. The van der Waals surface area contributed by atoms with E-state index in [-0.39, 0.29) is 0 Å². The van der Waals surface area contributed by atoms with Crippen LogP contribution in [0.3, 0.4) is 0 Å². The van der Waals surface area contributed by atoms with Crippen LogP contribution in [0.1, 0.15) is 32.3 Å². The lowest BCUT2D eigenvalue weighted by atomic mass is 10.0. The standard InChI is InChI=1S/C18H27N3/c1-3-20(16-8-7-11-19-12-16)13-15-14-21(4-2)18-10-6-5-9-17(15)18/h5-6,9-10,14,16,19H,3-4,7-8,11-13H2,1-2H3. The molecule has 0 amide bonds. The van der Waals surface area contributed by atoms with Gasteiger partial charge in [-0.05, 0) is 44.5 Å². The summed E-state index contributed by atoms with van der Waals surface area (Å²) in [5, 5.41) is 4.96. The van der Waals surface area contributed by atoms with E-state index in [9.17, 15) is 0 Å². The van der Waals surface area contributed by atoms with E-state index in [0.717, 1.165) is 26.2 Å². The maximum absolute atomic E-state index is 3.54. The molecule has 2 heterocycles. The molecule has 0 spiro atoms. The van der Waals surface area contributed by atoms with E-state index in [1.165, 1.54) is 35.9 Å². The van der Waals surface area contributed by atoms with Crippen molar-refractivity contribution in [3.63, 3.8) is 0 Å². The maximum Gasteiger partial charge on any atom is 0.0483 e. The molecule has 0 aliphatic carbocycles. The Hall–Kier alpha value is -1.32. The van der Waals surface area contributed by atoms with Gasteiger partial charge in [-0.1, -0.05) is 25.1 Å². The first-order chi connectivity index (χ1) is 10.3. The van der Waals surface area contributed by atoms with E-state index in [2.05, 4.69) is 59.1 Å². The second-order valence-electron chi connectivity index (χ2n) is 6.02. The van der Waals surface area contributed by atoms with Gasteiger partial charge in [0.25, 0.3) is 0 Å². The molecule has 1 aromatic carbocycles. The minimum Gasteiger partial charge on any atom is -0.347 e. The normalized spacial score (nSPS) is 19.5. The zero-order valence-corrected chi connectivity index (χ0v) is 13.3. The fourth-order valence-electron chi connectivity index (χ4n) is 3.57. The molecule has 1 aromatic heterocycles. The summed E-state index contributed by atoms with van der Waals surface area (Å²) in [6, 6.07) is 9.49. The molecule has 0 radical (unpaired) electrons. The van der Waals surface area contributed by atoms with Crippen molar-refractivity contribution in [3.05, 3.63) is 36.0 Å². The fourth-order valence-corrected chi connectivity index (χ4v) is 3.57. The molecule has 1 aliphatic rings. The van der Waals surface area contributed by atoms with Crippen molar-refractivity contribution in [1.82, 2.24) is 14.8 Å². The van der Waals surface area contributed by atoms with Crippen LogP contribution in [0.15, 0.2) is 30.5 Å². The van der Waals surface area contributed by atoms with Gasteiger partial charge in [0.1, 0.15) is 0 Å². The smallest absolute Gasteiger partial charge is 0.0483 e. The monoisotopic (exact) mass is 285 g/mol. The lowest BCUT2D eigenvalue weighted by Crippen LogP contribution is -2.45. The second-order valence-corrected chi connectivity index (χ2v) is 6.02. The zero-order valence-electron chi connectivity index (χ0n) is 13.3. The molecule has 114 valence electrons. The van der Waals surface area contributed by atoms with Crippen molar-refractivity contribution in [1.29, 1.82) is 0 Å². The number of benzene rings is 1. The van der Waals surface area contributed by atoms with Crippen LogP contribution in [0.4, 0.5) is 0 Å². The molecule has 1 aliphatic heterocycles. The Bertz CT molecular complexity index is 581. The highest BCUT2D eigenvalue weighted by Crippen LogP contribution is 2.24. The molecule has 3 heteroatoms. The summed E-state index contributed by atoms with van der Waals surface area (Å²) in [4.78, 5) is 2.63. The SMILES string of the molecule is CCN(Cc1cn(CC)c2ccccc12)C1CCCNC1. The molecule has 0 bridgehead atoms. The minimum absolute atomic E-state index is 0.687. The molecule has 3 rings (SSSR count).